The Morgan fingerprint density at radius 1 is 1.00 bits per heavy atom. The first-order chi connectivity index (χ1) is 10.2. The van der Waals surface area contributed by atoms with Crippen LogP contribution in [0.15, 0.2) is 60.8 Å². The average Bonchev–Trinajstić information content (AvgIpc) is 2.99. The Hall–Kier alpha value is -3.15. The van der Waals surface area contributed by atoms with Crippen molar-refractivity contribution in [1.29, 1.82) is 0 Å². The van der Waals surface area contributed by atoms with Crippen LogP contribution in [0.5, 0.6) is 11.5 Å². The van der Waals surface area contributed by atoms with E-state index in [1.54, 1.807) is 24.3 Å². The summed E-state index contributed by atoms with van der Waals surface area (Å²) < 4.78 is 6.93. The summed E-state index contributed by atoms with van der Waals surface area (Å²) in [6, 6.07) is 16.3. The Labute approximate surface area is 120 Å². The van der Waals surface area contributed by atoms with Crippen molar-refractivity contribution in [3.63, 3.8) is 0 Å². The summed E-state index contributed by atoms with van der Waals surface area (Å²) >= 11 is 0. The maximum absolute atomic E-state index is 11.0. The van der Waals surface area contributed by atoms with E-state index < -0.39 is 5.97 Å². The third kappa shape index (κ3) is 2.74. The van der Waals surface area contributed by atoms with Crippen molar-refractivity contribution in [2.45, 2.75) is 0 Å². The standard InChI is InChI=1S/C15H11N3O3/c19-15(20)14-10-16-17-18(14)11-6-8-13(9-7-11)21-12-4-2-1-3-5-12/h1-10H,(H,19,20). The molecule has 1 heterocycles. The molecule has 6 heteroatoms. The number of carboxylic acid groups (broad SMARTS) is 1. The summed E-state index contributed by atoms with van der Waals surface area (Å²) in [5.74, 6) is 0.309. The number of para-hydroxylation sites is 1. The molecule has 0 fully saturated rings. The van der Waals surface area contributed by atoms with Gasteiger partial charge in [-0.25, -0.2) is 9.48 Å². The fourth-order valence-corrected chi connectivity index (χ4v) is 1.85. The van der Waals surface area contributed by atoms with E-state index in [-0.39, 0.29) is 5.69 Å². The van der Waals surface area contributed by atoms with Crippen molar-refractivity contribution in [3.05, 3.63) is 66.5 Å². The minimum atomic E-state index is -1.08. The van der Waals surface area contributed by atoms with Crippen LogP contribution >= 0.6 is 0 Å². The molecule has 0 aliphatic rings. The van der Waals surface area contributed by atoms with Crippen LogP contribution in [0.3, 0.4) is 0 Å². The molecule has 0 atom stereocenters. The van der Waals surface area contributed by atoms with Gasteiger partial charge in [0.05, 0.1) is 11.9 Å². The summed E-state index contributed by atoms with van der Waals surface area (Å²) in [7, 11) is 0. The van der Waals surface area contributed by atoms with Gasteiger partial charge in [0, 0.05) is 0 Å². The summed E-state index contributed by atoms with van der Waals surface area (Å²) in [6.45, 7) is 0. The number of ether oxygens (including phenoxy) is 1. The van der Waals surface area contributed by atoms with Crippen LogP contribution in [0.1, 0.15) is 10.5 Å². The smallest absolute Gasteiger partial charge is 0.356 e. The molecular weight excluding hydrogens is 270 g/mol. The molecule has 0 amide bonds. The molecule has 0 spiro atoms. The van der Waals surface area contributed by atoms with Gasteiger partial charge in [-0.1, -0.05) is 23.4 Å². The number of carbonyl (C=O) groups is 1. The average molecular weight is 281 g/mol. The van der Waals surface area contributed by atoms with E-state index >= 15 is 0 Å². The molecule has 1 N–H and O–H groups in total. The van der Waals surface area contributed by atoms with Crippen molar-refractivity contribution >= 4 is 5.97 Å². The van der Waals surface area contributed by atoms with Gasteiger partial charge in [0.1, 0.15) is 11.5 Å². The van der Waals surface area contributed by atoms with Gasteiger partial charge in [-0.2, -0.15) is 0 Å². The molecule has 0 unspecified atom stereocenters. The highest BCUT2D eigenvalue weighted by Crippen LogP contribution is 2.22. The van der Waals surface area contributed by atoms with Crippen LogP contribution in [0.2, 0.25) is 0 Å². The monoisotopic (exact) mass is 281 g/mol. The zero-order valence-electron chi connectivity index (χ0n) is 10.9. The maximum Gasteiger partial charge on any atom is 0.356 e. The molecule has 0 bridgehead atoms. The molecule has 1 aromatic heterocycles. The Kier molecular flexibility index (Phi) is 3.34. The Morgan fingerprint density at radius 2 is 1.67 bits per heavy atom. The second-order valence-electron chi connectivity index (χ2n) is 4.25. The highest BCUT2D eigenvalue weighted by Gasteiger charge is 2.12. The molecule has 0 saturated carbocycles. The minimum absolute atomic E-state index is 0.00623. The first kappa shape index (κ1) is 12.9. The van der Waals surface area contributed by atoms with E-state index in [0.29, 0.717) is 11.4 Å². The van der Waals surface area contributed by atoms with Gasteiger partial charge in [0.25, 0.3) is 0 Å². The van der Waals surface area contributed by atoms with Crippen molar-refractivity contribution in [3.8, 4) is 17.2 Å². The maximum atomic E-state index is 11.0. The Morgan fingerprint density at radius 3 is 2.33 bits per heavy atom. The van der Waals surface area contributed by atoms with E-state index in [1.165, 1.54) is 10.9 Å². The summed E-state index contributed by atoms with van der Waals surface area (Å²) in [6.07, 6.45) is 1.21. The molecule has 0 aliphatic heterocycles. The molecule has 6 nitrogen and oxygen atoms in total. The van der Waals surface area contributed by atoms with E-state index in [0.717, 1.165) is 5.75 Å². The molecular formula is C15H11N3O3. The predicted octanol–water partition coefficient (Wildman–Crippen LogP) is 2.76. The number of carboxylic acids is 1. The number of aromatic nitrogens is 3. The molecule has 2 aromatic carbocycles. The first-order valence-corrected chi connectivity index (χ1v) is 6.21. The molecule has 0 radical (unpaired) electrons. The van der Waals surface area contributed by atoms with Crippen LogP contribution in [0, 0.1) is 0 Å². The number of aromatic carboxylic acids is 1. The molecule has 0 aliphatic carbocycles. The van der Waals surface area contributed by atoms with Gasteiger partial charge in [0.15, 0.2) is 5.69 Å². The predicted molar refractivity (Wildman–Crippen MR) is 74.8 cm³/mol. The lowest BCUT2D eigenvalue weighted by molar-refractivity contribution is 0.0687. The van der Waals surface area contributed by atoms with Crippen LogP contribution in [0.25, 0.3) is 5.69 Å². The molecule has 0 saturated heterocycles. The fraction of sp³-hybridized carbons (Fsp3) is 0. The lowest BCUT2D eigenvalue weighted by atomic mass is 10.3. The number of hydrogen-bond donors (Lipinski definition) is 1. The third-order valence-corrected chi connectivity index (χ3v) is 2.83. The number of rotatable bonds is 4. The third-order valence-electron chi connectivity index (χ3n) is 2.83. The highest BCUT2D eigenvalue weighted by molar-refractivity contribution is 5.85. The fourth-order valence-electron chi connectivity index (χ4n) is 1.85. The van der Waals surface area contributed by atoms with E-state index in [2.05, 4.69) is 10.3 Å². The van der Waals surface area contributed by atoms with Crippen molar-refractivity contribution in [2.75, 3.05) is 0 Å². The van der Waals surface area contributed by atoms with Crippen molar-refractivity contribution < 1.29 is 14.6 Å². The van der Waals surface area contributed by atoms with Gasteiger partial charge in [0.2, 0.25) is 0 Å². The molecule has 3 rings (SSSR count). The van der Waals surface area contributed by atoms with Gasteiger partial charge < -0.3 is 9.84 Å². The van der Waals surface area contributed by atoms with Crippen LogP contribution in [-0.2, 0) is 0 Å². The zero-order chi connectivity index (χ0) is 14.7. The number of nitrogens with zero attached hydrogens (tertiary/aromatic N) is 3. The van der Waals surface area contributed by atoms with Crippen LogP contribution in [0.4, 0.5) is 0 Å². The SMILES string of the molecule is O=C(O)c1cnnn1-c1ccc(Oc2ccccc2)cc1. The Balaban J connectivity index is 1.84. The molecule has 21 heavy (non-hydrogen) atoms. The zero-order valence-corrected chi connectivity index (χ0v) is 10.9. The summed E-state index contributed by atoms with van der Waals surface area (Å²) in [5, 5.41) is 16.4. The van der Waals surface area contributed by atoms with Crippen molar-refractivity contribution in [2.24, 2.45) is 0 Å². The molecule has 104 valence electrons. The van der Waals surface area contributed by atoms with E-state index in [4.69, 9.17) is 9.84 Å². The topological polar surface area (TPSA) is 77.2 Å². The summed E-state index contributed by atoms with van der Waals surface area (Å²) in [4.78, 5) is 11.0. The first-order valence-electron chi connectivity index (χ1n) is 6.21. The highest BCUT2D eigenvalue weighted by atomic mass is 16.5. The lowest BCUT2D eigenvalue weighted by Crippen LogP contribution is -2.07. The largest absolute Gasteiger partial charge is 0.476 e. The van der Waals surface area contributed by atoms with Crippen LogP contribution < -0.4 is 4.74 Å². The second-order valence-corrected chi connectivity index (χ2v) is 4.25. The second kappa shape index (κ2) is 5.46. The van der Waals surface area contributed by atoms with Crippen LogP contribution in [-0.4, -0.2) is 26.1 Å². The van der Waals surface area contributed by atoms with E-state index in [1.807, 2.05) is 30.3 Å². The summed E-state index contributed by atoms with van der Waals surface area (Å²) in [5.41, 5.74) is 0.608. The van der Waals surface area contributed by atoms with Gasteiger partial charge in [-0.05, 0) is 36.4 Å². The Bertz CT molecular complexity index is 751. The minimum Gasteiger partial charge on any atom is -0.476 e. The normalized spacial score (nSPS) is 10.3. The van der Waals surface area contributed by atoms with Gasteiger partial charge in [-0.15, -0.1) is 5.10 Å². The lowest BCUT2D eigenvalue weighted by Gasteiger charge is -2.07. The van der Waals surface area contributed by atoms with Crippen molar-refractivity contribution in [1.82, 2.24) is 15.0 Å². The van der Waals surface area contributed by atoms with Gasteiger partial charge in [-0.3, -0.25) is 0 Å². The number of hydrogen-bond acceptors (Lipinski definition) is 4. The van der Waals surface area contributed by atoms with E-state index in [9.17, 15) is 4.79 Å². The van der Waals surface area contributed by atoms with Gasteiger partial charge >= 0.3 is 5.97 Å². The quantitative estimate of drug-likeness (QED) is 0.795. The number of benzene rings is 2. The molecule has 3 aromatic rings.